The Labute approximate surface area is 97.5 Å². The van der Waals surface area contributed by atoms with Crippen LogP contribution in [0.2, 0.25) is 0 Å². The summed E-state index contributed by atoms with van der Waals surface area (Å²) in [7, 11) is 0. The molecule has 0 heterocycles. The minimum atomic E-state index is -0.833. The van der Waals surface area contributed by atoms with Gasteiger partial charge in [0.15, 0.2) is 5.83 Å². The Morgan fingerprint density at radius 3 is 1.69 bits per heavy atom. The van der Waals surface area contributed by atoms with Gasteiger partial charge in [-0.3, -0.25) is 10.1 Å². The molecule has 16 heavy (non-hydrogen) atoms. The molecule has 0 aliphatic heterocycles. The van der Waals surface area contributed by atoms with Crippen LogP contribution in [-0.2, 0) is 0 Å². The fourth-order valence-electron chi connectivity index (χ4n) is 0.617. The van der Waals surface area contributed by atoms with E-state index in [9.17, 15) is 14.5 Å². The average Bonchev–Trinajstić information content (AvgIpc) is 2.31. The number of nitro groups is 1. The monoisotopic (exact) mass is 231 g/mol. The van der Waals surface area contributed by atoms with E-state index in [4.69, 9.17) is 0 Å². The topological polar surface area (TPSA) is 43.1 Å². The van der Waals surface area contributed by atoms with Crippen LogP contribution in [-0.4, -0.2) is 4.92 Å². The minimum absolute atomic E-state index is 0.518. The van der Waals surface area contributed by atoms with Gasteiger partial charge < -0.3 is 0 Å². The highest BCUT2D eigenvalue weighted by Gasteiger charge is 2.11. The molecular weight excluding hydrogens is 209 g/mol. The van der Waals surface area contributed by atoms with Gasteiger partial charge in [0.1, 0.15) is 0 Å². The second-order valence-electron chi connectivity index (χ2n) is 1.99. The first-order valence-corrected chi connectivity index (χ1v) is 5.43. The molecule has 0 saturated heterocycles. The third kappa shape index (κ3) is 10.6. The Morgan fingerprint density at radius 1 is 1.06 bits per heavy atom. The van der Waals surface area contributed by atoms with E-state index in [1.807, 2.05) is 27.7 Å². The summed E-state index contributed by atoms with van der Waals surface area (Å²) in [5.74, 6) is -0.833. The Bertz CT molecular complexity index is 256. The molecule has 94 valence electrons. The van der Waals surface area contributed by atoms with Gasteiger partial charge in [-0.1, -0.05) is 39.8 Å². The van der Waals surface area contributed by atoms with Crippen molar-refractivity contribution in [3.63, 3.8) is 0 Å². The minimum Gasteiger partial charge on any atom is -0.258 e. The Morgan fingerprint density at radius 2 is 1.44 bits per heavy atom. The van der Waals surface area contributed by atoms with Crippen molar-refractivity contribution < 1.29 is 9.31 Å². The van der Waals surface area contributed by atoms with E-state index in [-0.39, 0.29) is 0 Å². The normalized spacial score (nSPS) is 11.2. The van der Waals surface area contributed by atoms with E-state index in [2.05, 4.69) is 0 Å². The van der Waals surface area contributed by atoms with E-state index in [1.54, 1.807) is 13.8 Å². The Balaban J connectivity index is -0.000000376. The van der Waals surface area contributed by atoms with E-state index in [0.717, 1.165) is 12.2 Å². The van der Waals surface area contributed by atoms with Gasteiger partial charge in [0, 0.05) is 6.08 Å². The van der Waals surface area contributed by atoms with Gasteiger partial charge >= 0.3 is 5.70 Å². The van der Waals surface area contributed by atoms with Gasteiger partial charge in [0.25, 0.3) is 0 Å². The first-order chi connectivity index (χ1) is 7.63. The summed E-state index contributed by atoms with van der Waals surface area (Å²) in [5.41, 5.74) is -0.518. The molecule has 0 spiro atoms. The van der Waals surface area contributed by atoms with Crippen molar-refractivity contribution in [3.8, 4) is 0 Å². The number of allylic oxidation sites excluding steroid dienone is 5. The lowest BCUT2D eigenvalue weighted by Gasteiger charge is -1.90. The number of hydrogen-bond acceptors (Lipinski definition) is 2. The van der Waals surface area contributed by atoms with Crippen LogP contribution in [0.4, 0.5) is 4.39 Å². The Hall–Kier alpha value is -1.45. The third-order valence-electron chi connectivity index (χ3n) is 1.08. The molecule has 0 radical (unpaired) electrons. The molecule has 4 heteroatoms. The maximum Gasteiger partial charge on any atom is 0.304 e. The van der Waals surface area contributed by atoms with Crippen LogP contribution in [0.25, 0.3) is 0 Å². The lowest BCUT2D eigenvalue weighted by molar-refractivity contribution is -0.421. The van der Waals surface area contributed by atoms with Crippen molar-refractivity contribution in [2.75, 3.05) is 0 Å². The fourth-order valence-corrected chi connectivity index (χ4v) is 0.617. The predicted molar refractivity (Wildman–Crippen MR) is 67.5 cm³/mol. The highest BCUT2D eigenvalue weighted by Crippen LogP contribution is 2.09. The molecule has 0 aliphatic rings. The molecule has 0 aliphatic carbocycles. The van der Waals surface area contributed by atoms with Crippen LogP contribution in [0.3, 0.4) is 0 Å². The number of hydrogen-bond donors (Lipinski definition) is 0. The van der Waals surface area contributed by atoms with E-state index >= 15 is 0 Å². The average molecular weight is 231 g/mol. The highest BCUT2D eigenvalue weighted by molar-refractivity contribution is 5.22. The van der Waals surface area contributed by atoms with Crippen molar-refractivity contribution in [2.24, 2.45) is 0 Å². The van der Waals surface area contributed by atoms with Gasteiger partial charge in [-0.2, -0.15) is 4.39 Å². The van der Waals surface area contributed by atoms with Crippen LogP contribution in [0.1, 0.15) is 41.5 Å². The van der Waals surface area contributed by atoms with Gasteiger partial charge in [-0.25, -0.2) is 0 Å². The number of rotatable bonds is 3. The van der Waals surface area contributed by atoms with Crippen LogP contribution in [0.15, 0.2) is 35.8 Å². The van der Waals surface area contributed by atoms with Crippen LogP contribution < -0.4 is 0 Å². The third-order valence-corrected chi connectivity index (χ3v) is 1.08. The summed E-state index contributed by atoms with van der Waals surface area (Å²) >= 11 is 0. The van der Waals surface area contributed by atoms with E-state index in [0.29, 0.717) is 0 Å². The molecule has 0 unspecified atom stereocenters. The molecule has 0 N–H and O–H groups in total. The van der Waals surface area contributed by atoms with E-state index < -0.39 is 16.4 Å². The predicted octanol–water partition coefficient (Wildman–Crippen LogP) is 4.65. The molecule has 0 bridgehead atoms. The molecule has 0 amide bonds. The zero-order valence-corrected chi connectivity index (χ0v) is 11.0. The molecule has 0 rings (SSSR count). The molecule has 0 saturated carbocycles. The summed E-state index contributed by atoms with van der Waals surface area (Å²) in [6, 6.07) is 0. The zero-order valence-electron chi connectivity index (χ0n) is 11.0. The summed E-state index contributed by atoms with van der Waals surface area (Å²) in [4.78, 5) is 9.47. The maximum absolute atomic E-state index is 12.8. The summed E-state index contributed by atoms with van der Waals surface area (Å²) in [5, 5.41) is 10.2. The van der Waals surface area contributed by atoms with Crippen molar-refractivity contribution in [3.05, 3.63) is 45.9 Å². The van der Waals surface area contributed by atoms with E-state index in [1.165, 1.54) is 12.2 Å². The number of halogens is 1. The van der Waals surface area contributed by atoms with Crippen LogP contribution >= 0.6 is 0 Å². The second-order valence-corrected chi connectivity index (χ2v) is 1.99. The zero-order chi connectivity index (χ0) is 13.6. The summed E-state index contributed by atoms with van der Waals surface area (Å²) in [6.07, 6.45) is 5.00. The fraction of sp³-hybridized carbons (Fsp3) is 0.500. The van der Waals surface area contributed by atoms with Crippen LogP contribution in [0, 0.1) is 10.1 Å². The lowest BCUT2D eigenvalue weighted by atomic mass is 10.3. The smallest absolute Gasteiger partial charge is 0.258 e. The largest absolute Gasteiger partial charge is 0.304 e. The summed E-state index contributed by atoms with van der Waals surface area (Å²) in [6.45, 7) is 11.2. The first-order valence-electron chi connectivity index (χ1n) is 5.43. The second kappa shape index (κ2) is 16.0. The SMILES string of the molecule is CC.CC.C\C=C/C(F)=C(\C=C/C)[N+](=O)[O-]. The summed E-state index contributed by atoms with van der Waals surface area (Å²) < 4.78 is 12.8. The molecule has 3 nitrogen and oxygen atoms in total. The molecule has 0 atom stereocenters. The molecule has 0 aromatic carbocycles. The molecule has 0 aromatic heterocycles. The first kappa shape index (κ1) is 20.0. The van der Waals surface area contributed by atoms with Crippen molar-refractivity contribution >= 4 is 0 Å². The molecular formula is C12H22FNO2. The lowest BCUT2D eigenvalue weighted by Crippen LogP contribution is -1.97. The Kier molecular flexibility index (Phi) is 20.0. The standard InChI is InChI=1S/C8H10FNO2.2C2H6/c1-3-5-7(9)8(6-4-2)10(11)12;2*1-2/h3-6H,1-2H3;2*1-2H3/b5-3-,6-4-,8-7-;;. The number of nitrogens with zero attached hydrogens (tertiary/aromatic N) is 1. The van der Waals surface area contributed by atoms with Gasteiger partial charge in [0.2, 0.25) is 0 Å². The van der Waals surface area contributed by atoms with Gasteiger partial charge in [-0.05, 0) is 19.9 Å². The van der Waals surface area contributed by atoms with Crippen molar-refractivity contribution in [2.45, 2.75) is 41.5 Å². The van der Waals surface area contributed by atoms with Gasteiger partial charge in [-0.15, -0.1) is 0 Å². The highest BCUT2D eigenvalue weighted by atomic mass is 19.1. The molecule has 0 fully saturated rings. The molecule has 0 aromatic rings. The van der Waals surface area contributed by atoms with Crippen molar-refractivity contribution in [1.82, 2.24) is 0 Å². The van der Waals surface area contributed by atoms with Crippen molar-refractivity contribution in [1.29, 1.82) is 0 Å². The van der Waals surface area contributed by atoms with Crippen LogP contribution in [0.5, 0.6) is 0 Å². The maximum atomic E-state index is 12.8. The van der Waals surface area contributed by atoms with Gasteiger partial charge in [0.05, 0.1) is 4.92 Å². The quantitative estimate of drug-likeness (QED) is 0.403.